The molecule has 2 aromatic rings. The molecule has 0 spiro atoms. The van der Waals surface area contributed by atoms with Crippen LogP contribution in [0.4, 0.5) is 6.01 Å². The third-order valence-electron chi connectivity index (χ3n) is 4.77. The van der Waals surface area contributed by atoms with Gasteiger partial charge in [0.1, 0.15) is 22.6 Å². The lowest BCUT2D eigenvalue weighted by molar-refractivity contribution is 0.0727. The average molecular weight is 402 g/mol. The maximum atomic E-state index is 13.1. The summed E-state index contributed by atoms with van der Waals surface area (Å²) < 4.78 is 11.5. The minimum atomic E-state index is -1.06. The lowest BCUT2D eigenvalue weighted by atomic mass is 10.0. The Hall–Kier alpha value is -2.61. The van der Waals surface area contributed by atoms with E-state index in [0.717, 1.165) is 13.0 Å². The molecule has 29 heavy (non-hydrogen) atoms. The summed E-state index contributed by atoms with van der Waals surface area (Å²) >= 11 is 0. The molecule has 2 aromatic heterocycles. The summed E-state index contributed by atoms with van der Waals surface area (Å²) in [5, 5.41) is 10.3. The summed E-state index contributed by atoms with van der Waals surface area (Å²) in [7, 11) is 0. The van der Waals surface area contributed by atoms with Gasteiger partial charge in [0.15, 0.2) is 0 Å². The number of pyridine rings is 1. The van der Waals surface area contributed by atoms with Gasteiger partial charge in [0.05, 0.1) is 6.10 Å². The fraction of sp³-hybridized carbons (Fsp3) is 0.571. The van der Waals surface area contributed by atoms with E-state index in [1.54, 1.807) is 39.1 Å². The van der Waals surface area contributed by atoms with Crippen molar-refractivity contribution in [3.05, 3.63) is 35.3 Å². The summed E-state index contributed by atoms with van der Waals surface area (Å²) in [5.74, 6) is 0.888. The number of amides is 1. The Balaban J connectivity index is 1.73. The largest absolute Gasteiger partial charge is 0.474 e. The van der Waals surface area contributed by atoms with Crippen molar-refractivity contribution in [2.24, 2.45) is 0 Å². The number of oxazole rings is 1. The lowest BCUT2D eigenvalue weighted by Gasteiger charge is -2.22. The number of aliphatic hydroxyl groups is 1. The number of aryl methyl sites for hydroxylation is 1. The van der Waals surface area contributed by atoms with Gasteiger partial charge < -0.3 is 24.1 Å². The molecule has 0 aliphatic carbocycles. The minimum Gasteiger partial charge on any atom is -0.474 e. The molecule has 3 heterocycles. The average Bonchev–Trinajstić information content (AvgIpc) is 2.88. The van der Waals surface area contributed by atoms with Crippen molar-refractivity contribution in [2.75, 3.05) is 31.1 Å². The van der Waals surface area contributed by atoms with Crippen LogP contribution in [0.15, 0.2) is 22.7 Å². The first-order valence-electron chi connectivity index (χ1n) is 10.0. The Kier molecular flexibility index (Phi) is 6.12. The molecule has 0 radical (unpaired) electrons. The molecular weight excluding hydrogens is 372 g/mol. The van der Waals surface area contributed by atoms with Gasteiger partial charge in [-0.05, 0) is 53.2 Å². The van der Waals surface area contributed by atoms with E-state index < -0.39 is 5.60 Å². The Bertz CT molecular complexity index is 857. The summed E-state index contributed by atoms with van der Waals surface area (Å²) in [5.41, 5.74) is -0.0475. The molecule has 1 aliphatic heterocycles. The summed E-state index contributed by atoms with van der Waals surface area (Å²) in [4.78, 5) is 25.7. The number of anilines is 1. The number of aromatic nitrogens is 2. The molecule has 0 atom stereocenters. The third kappa shape index (κ3) is 4.87. The van der Waals surface area contributed by atoms with Gasteiger partial charge in [0.25, 0.3) is 11.9 Å². The van der Waals surface area contributed by atoms with E-state index in [0.29, 0.717) is 48.5 Å². The third-order valence-corrected chi connectivity index (χ3v) is 4.77. The highest BCUT2D eigenvalue weighted by atomic mass is 16.5. The van der Waals surface area contributed by atoms with Crippen LogP contribution in [0.25, 0.3) is 0 Å². The number of nitrogens with zero attached hydrogens (tertiary/aromatic N) is 4. The van der Waals surface area contributed by atoms with Crippen molar-refractivity contribution >= 4 is 11.9 Å². The Labute approximate surface area is 171 Å². The van der Waals surface area contributed by atoms with Crippen LogP contribution in [0.1, 0.15) is 55.9 Å². The predicted molar refractivity (Wildman–Crippen MR) is 109 cm³/mol. The first-order chi connectivity index (χ1) is 13.7. The molecule has 1 aliphatic rings. The molecule has 1 amide bonds. The first-order valence-corrected chi connectivity index (χ1v) is 10.0. The van der Waals surface area contributed by atoms with Crippen molar-refractivity contribution in [1.82, 2.24) is 14.9 Å². The Morgan fingerprint density at radius 3 is 2.69 bits per heavy atom. The van der Waals surface area contributed by atoms with Gasteiger partial charge in [-0.2, -0.15) is 4.98 Å². The molecule has 158 valence electrons. The first kappa shape index (κ1) is 21.1. The molecular formula is C21H30N4O4. The van der Waals surface area contributed by atoms with Gasteiger partial charge in [-0.3, -0.25) is 4.79 Å². The molecule has 1 saturated heterocycles. The van der Waals surface area contributed by atoms with Crippen LogP contribution in [0.2, 0.25) is 0 Å². The molecule has 1 N–H and O–H groups in total. The zero-order chi connectivity index (χ0) is 21.2. The van der Waals surface area contributed by atoms with E-state index in [2.05, 4.69) is 9.97 Å². The second kappa shape index (κ2) is 8.41. The number of rotatable bonds is 5. The van der Waals surface area contributed by atoms with Crippen molar-refractivity contribution in [2.45, 2.75) is 52.7 Å². The number of hydrogen-bond donors (Lipinski definition) is 1. The normalized spacial score (nSPS) is 15.6. The van der Waals surface area contributed by atoms with E-state index in [9.17, 15) is 9.90 Å². The fourth-order valence-electron chi connectivity index (χ4n) is 3.44. The van der Waals surface area contributed by atoms with Crippen molar-refractivity contribution in [3.63, 3.8) is 0 Å². The van der Waals surface area contributed by atoms with Gasteiger partial charge in [-0.25, -0.2) is 4.98 Å². The van der Waals surface area contributed by atoms with Crippen LogP contribution in [0.5, 0.6) is 5.88 Å². The number of ether oxygens (including phenoxy) is 1. The van der Waals surface area contributed by atoms with Crippen LogP contribution >= 0.6 is 0 Å². The highest BCUT2D eigenvalue weighted by molar-refractivity contribution is 5.96. The summed E-state index contributed by atoms with van der Waals surface area (Å²) in [6.45, 7) is 11.5. The van der Waals surface area contributed by atoms with Crippen LogP contribution in [-0.4, -0.2) is 58.2 Å². The lowest BCUT2D eigenvalue weighted by Crippen LogP contribution is -2.35. The number of carbonyl (C=O) groups excluding carboxylic acids is 1. The maximum absolute atomic E-state index is 13.1. The SMILES string of the molecule is Cc1oc(N2CCCN(C(=O)c3cccnc3OC(C)C)CC2)nc1C(C)(C)O. The fourth-order valence-corrected chi connectivity index (χ4v) is 3.44. The quantitative estimate of drug-likeness (QED) is 0.822. The molecule has 0 unspecified atom stereocenters. The molecule has 1 fully saturated rings. The zero-order valence-corrected chi connectivity index (χ0v) is 17.8. The highest BCUT2D eigenvalue weighted by Crippen LogP contribution is 2.28. The molecule has 8 nitrogen and oxygen atoms in total. The molecule has 8 heteroatoms. The highest BCUT2D eigenvalue weighted by Gasteiger charge is 2.29. The summed E-state index contributed by atoms with van der Waals surface area (Å²) in [6, 6.07) is 3.99. The van der Waals surface area contributed by atoms with E-state index >= 15 is 0 Å². The van der Waals surface area contributed by atoms with Gasteiger partial charge in [-0.15, -0.1) is 0 Å². The maximum Gasteiger partial charge on any atom is 0.297 e. The smallest absolute Gasteiger partial charge is 0.297 e. The van der Waals surface area contributed by atoms with Gasteiger partial charge in [0.2, 0.25) is 5.88 Å². The standard InChI is InChI=1S/C21H30N4O4/c1-14(2)28-18-16(8-6-9-22-18)19(26)24-10-7-11-25(13-12-24)20-23-17(15(3)29-20)21(4,5)27/h6,8-9,14,27H,7,10-13H2,1-5H3. The molecule has 0 bridgehead atoms. The van der Waals surface area contributed by atoms with Crippen LogP contribution in [0, 0.1) is 6.92 Å². The molecule has 3 rings (SSSR count). The van der Waals surface area contributed by atoms with Crippen molar-refractivity contribution < 1.29 is 19.1 Å². The summed E-state index contributed by atoms with van der Waals surface area (Å²) in [6.07, 6.45) is 2.35. The van der Waals surface area contributed by atoms with Gasteiger partial charge >= 0.3 is 0 Å². The monoisotopic (exact) mass is 402 g/mol. The minimum absolute atomic E-state index is 0.0608. The van der Waals surface area contributed by atoms with E-state index in [1.165, 1.54) is 0 Å². The zero-order valence-electron chi connectivity index (χ0n) is 17.8. The molecule has 0 saturated carbocycles. The van der Waals surface area contributed by atoms with Crippen LogP contribution in [0.3, 0.4) is 0 Å². The topological polar surface area (TPSA) is 91.9 Å². The Morgan fingerprint density at radius 2 is 2.03 bits per heavy atom. The van der Waals surface area contributed by atoms with Gasteiger partial charge in [-0.1, -0.05) is 0 Å². The second-order valence-electron chi connectivity index (χ2n) is 8.12. The van der Waals surface area contributed by atoms with Crippen LogP contribution in [-0.2, 0) is 5.60 Å². The second-order valence-corrected chi connectivity index (χ2v) is 8.12. The van der Waals surface area contributed by atoms with E-state index in [1.807, 2.05) is 23.6 Å². The molecule has 0 aromatic carbocycles. The van der Waals surface area contributed by atoms with Gasteiger partial charge in [0, 0.05) is 32.4 Å². The predicted octanol–water partition coefficient (Wildman–Crippen LogP) is 2.75. The van der Waals surface area contributed by atoms with Crippen LogP contribution < -0.4 is 9.64 Å². The van der Waals surface area contributed by atoms with E-state index in [-0.39, 0.29) is 12.0 Å². The van der Waals surface area contributed by atoms with Crippen molar-refractivity contribution in [3.8, 4) is 5.88 Å². The number of hydrogen-bond acceptors (Lipinski definition) is 7. The Morgan fingerprint density at radius 1 is 1.28 bits per heavy atom. The van der Waals surface area contributed by atoms with E-state index in [4.69, 9.17) is 9.15 Å². The van der Waals surface area contributed by atoms with Crippen molar-refractivity contribution in [1.29, 1.82) is 0 Å². The number of carbonyl (C=O) groups is 1.